The Labute approximate surface area is 123 Å². The van der Waals surface area contributed by atoms with Gasteiger partial charge in [-0.1, -0.05) is 24.3 Å². The first-order valence-corrected chi connectivity index (χ1v) is 6.53. The van der Waals surface area contributed by atoms with Crippen molar-refractivity contribution in [3.05, 3.63) is 48.0 Å². The number of nitrogens with two attached hydrogens (primary N) is 1. The molecular weight excluding hydrogens is 272 g/mol. The van der Waals surface area contributed by atoms with Crippen molar-refractivity contribution in [3.63, 3.8) is 0 Å². The van der Waals surface area contributed by atoms with E-state index in [2.05, 4.69) is 5.32 Å². The van der Waals surface area contributed by atoms with E-state index in [0.717, 1.165) is 0 Å². The van der Waals surface area contributed by atoms with Gasteiger partial charge in [0.05, 0.1) is 6.61 Å². The number of carbonyl (C=O) groups excluding carboxylic acids is 3. The van der Waals surface area contributed by atoms with Gasteiger partial charge >= 0.3 is 5.97 Å². The van der Waals surface area contributed by atoms with Crippen molar-refractivity contribution in [2.75, 3.05) is 6.61 Å². The lowest BCUT2D eigenvalue weighted by Gasteiger charge is -2.13. The van der Waals surface area contributed by atoms with Gasteiger partial charge in [-0.2, -0.15) is 0 Å². The molecule has 1 aromatic carbocycles. The molecule has 0 bridgehead atoms. The third-order valence-electron chi connectivity index (χ3n) is 2.60. The molecule has 0 aliphatic rings. The lowest BCUT2D eigenvalue weighted by Crippen LogP contribution is -2.44. The standard InChI is InChI=1S/C15H18N2O4/c1-2-21-13(18)10-6-9-12(14(16)19)17-15(20)11-7-4-3-5-8-11/h3-8,10,12H,2,9H2,1H3,(H2,16,19)(H,17,20)/b10-6+/t12-/m1/s1. The van der Waals surface area contributed by atoms with Crippen molar-refractivity contribution < 1.29 is 19.1 Å². The minimum absolute atomic E-state index is 0.118. The smallest absolute Gasteiger partial charge is 0.330 e. The minimum atomic E-state index is -0.886. The van der Waals surface area contributed by atoms with Crippen molar-refractivity contribution in [2.24, 2.45) is 5.73 Å². The van der Waals surface area contributed by atoms with Crippen molar-refractivity contribution in [2.45, 2.75) is 19.4 Å². The Bertz CT molecular complexity index is 526. The molecule has 21 heavy (non-hydrogen) atoms. The highest BCUT2D eigenvalue weighted by atomic mass is 16.5. The predicted molar refractivity (Wildman–Crippen MR) is 77.3 cm³/mol. The van der Waals surface area contributed by atoms with Gasteiger partial charge in [0.15, 0.2) is 0 Å². The molecule has 0 fully saturated rings. The molecular formula is C15H18N2O4. The van der Waals surface area contributed by atoms with Gasteiger partial charge in [-0.25, -0.2) is 4.79 Å². The molecule has 1 rings (SSSR count). The van der Waals surface area contributed by atoms with E-state index in [0.29, 0.717) is 5.56 Å². The maximum absolute atomic E-state index is 11.9. The summed E-state index contributed by atoms with van der Waals surface area (Å²) in [5.74, 6) is -1.58. The predicted octanol–water partition coefficient (Wildman–Crippen LogP) is 0.780. The summed E-state index contributed by atoms with van der Waals surface area (Å²) in [6, 6.07) is 7.58. The number of hydrogen-bond acceptors (Lipinski definition) is 4. The van der Waals surface area contributed by atoms with E-state index >= 15 is 0 Å². The van der Waals surface area contributed by atoms with Crippen LogP contribution in [-0.4, -0.2) is 30.4 Å². The number of esters is 1. The molecule has 6 nitrogen and oxygen atoms in total. The number of nitrogens with one attached hydrogen (secondary N) is 1. The van der Waals surface area contributed by atoms with Gasteiger partial charge in [0.2, 0.25) is 5.91 Å². The SMILES string of the molecule is CCOC(=O)/C=C/C[C@@H](NC(=O)c1ccccc1)C(N)=O. The topological polar surface area (TPSA) is 98.5 Å². The monoisotopic (exact) mass is 290 g/mol. The lowest BCUT2D eigenvalue weighted by molar-refractivity contribution is -0.137. The second kappa shape index (κ2) is 8.52. The largest absolute Gasteiger partial charge is 0.463 e. The molecule has 0 aromatic heterocycles. The molecule has 0 radical (unpaired) electrons. The fourth-order valence-corrected chi connectivity index (χ4v) is 1.57. The summed E-state index contributed by atoms with van der Waals surface area (Å²) >= 11 is 0. The van der Waals surface area contributed by atoms with Gasteiger partial charge < -0.3 is 15.8 Å². The zero-order valence-corrected chi connectivity index (χ0v) is 11.7. The number of carbonyl (C=O) groups is 3. The number of ether oxygens (including phenoxy) is 1. The number of rotatable bonds is 7. The first kappa shape index (κ1) is 16.4. The van der Waals surface area contributed by atoms with Crippen molar-refractivity contribution in [3.8, 4) is 0 Å². The Morgan fingerprint density at radius 1 is 1.29 bits per heavy atom. The molecule has 0 heterocycles. The molecule has 0 saturated heterocycles. The Morgan fingerprint density at radius 3 is 2.52 bits per heavy atom. The van der Waals surface area contributed by atoms with Gasteiger partial charge in [-0.3, -0.25) is 9.59 Å². The van der Waals surface area contributed by atoms with E-state index < -0.39 is 23.8 Å². The van der Waals surface area contributed by atoms with E-state index in [9.17, 15) is 14.4 Å². The van der Waals surface area contributed by atoms with Gasteiger partial charge in [0.25, 0.3) is 5.91 Å². The zero-order valence-electron chi connectivity index (χ0n) is 11.7. The summed E-state index contributed by atoms with van der Waals surface area (Å²) in [6.07, 6.45) is 2.76. The summed E-state index contributed by atoms with van der Waals surface area (Å²) in [7, 11) is 0. The number of primary amides is 1. The average Bonchev–Trinajstić information content (AvgIpc) is 2.47. The maximum atomic E-state index is 11.9. The van der Waals surface area contributed by atoms with Crippen LogP contribution in [0, 0.1) is 0 Å². The Hall–Kier alpha value is -2.63. The number of benzene rings is 1. The molecule has 0 unspecified atom stereocenters. The summed E-state index contributed by atoms with van der Waals surface area (Å²) in [4.78, 5) is 34.4. The van der Waals surface area contributed by atoms with Crippen LogP contribution in [0.2, 0.25) is 0 Å². The maximum Gasteiger partial charge on any atom is 0.330 e. The minimum Gasteiger partial charge on any atom is -0.463 e. The van der Waals surface area contributed by atoms with E-state index in [1.807, 2.05) is 0 Å². The molecule has 0 aliphatic heterocycles. The quantitative estimate of drug-likeness (QED) is 0.572. The summed E-state index contributed by atoms with van der Waals surface area (Å²) < 4.78 is 4.71. The molecule has 112 valence electrons. The van der Waals surface area contributed by atoms with Gasteiger partial charge in [-0.15, -0.1) is 0 Å². The van der Waals surface area contributed by atoms with Crippen LogP contribution in [0.25, 0.3) is 0 Å². The van der Waals surface area contributed by atoms with Crippen LogP contribution in [-0.2, 0) is 14.3 Å². The zero-order chi connectivity index (χ0) is 15.7. The first-order valence-electron chi connectivity index (χ1n) is 6.53. The Kier molecular flexibility index (Phi) is 6.67. The van der Waals surface area contributed by atoms with E-state index in [1.165, 1.54) is 12.2 Å². The molecule has 0 saturated carbocycles. The molecule has 1 atom stereocenters. The van der Waals surface area contributed by atoms with Crippen LogP contribution >= 0.6 is 0 Å². The Morgan fingerprint density at radius 2 is 1.95 bits per heavy atom. The van der Waals surface area contributed by atoms with Crippen molar-refractivity contribution >= 4 is 17.8 Å². The van der Waals surface area contributed by atoms with E-state index in [-0.39, 0.29) is 13.0 Å². The molecule has 0 spiro atoms. The van der Waals surface area contributed by atoms with Crippen LogP contribution in [0.5, 0.6) is 0 Å². The van der Waals surface area contributed by atoms with Crippen molar-refractivity contribution in [1.29, 1.82) is 0 Å². The second-order valence-corrected chi connectivity index (χ2v) is 4.18. The average molecular weight is 290 g/mol. The summed E-state index contributed by atoms with van der Waals surface area (Å²) in [5, 5.41) is 2.52. The van der Waals surface area contributed by atoms with Crippen LogP contribution in [0.4, 0.5) is 0 Å². The van der Waals surface area contributed by atoms with Gasteiger partial charge in [0, 0.05) is 11.6 Å². The first-order chi connectivity index (χ1) is 10.0. The van der Waals surface area contributed by atoms with Gasteiger partial charge in [-0.05, 0) is 25.5 Å². The lowest BCUT2D eigenvalue weighted by atomic mass is 10.1. The molecule has 3 N–H and O–H groups in total. The normalized spacial score (nSPS) is 11.9. The van der Waals surface area contributed by atoms with Crippen LogP contribution in [0.1, 0.15) is 23.7 Å². The molecule has 2 amide bonds. The van der Waals surface area contributed by atoms with Gasteiger partial charge in [0.1, 0.15) is 6.04 Å². The third kappa shape index (κ3) is 5.90. The number of hydrogen-bond donors (Lipinski definition) is 2. The number of amides is 2. The van der Waals surface area contributed by atoms with E-state index in [1.54, 1.807) is 37.3 Å². The van der Waals surface area contributed by atoms with Crippen LogP contribution in [0.15, 0.2) is 42.5 Å². The summed E-state index contributed by atoms with van der Waals surface area (Å²) in [6.45, 7) is 1.96. The Balaban J connectivity index is 2.60. The van der Waals surface area contributed by atoms with Crippen LogP contribution < -0.4 is 11.1 Å². The highest BCUT2D eigenvalue weighted by molar-refractivity contribution is 5.97. The molecule has 0 aliphatic carbocycles. The van der Waals surface area contributed by atoms with Crippen molar-refractivity contribution in [1.82, 2.24) is 5.32 Å². The fourth-order valence-electron chi connectivity index (χ4n) is 1.57. The third-order valence-corrected chi connectivity index (χ3v) is 2.60. The second-order valence-electron chi connectivity index (χ2n) is 4.18. The van der Waals surface area contributed by atoms with Crippen LogP contribution in [0.3, 0.4) is 0 Å². The van der Waals surface area contributed by atoms with E-state index in [4.69, 9.17) is 10.5 Å². The highest BCUT2D eigenvalue weighted by Gasteiger charge is 2.17. The highest BCUT2D eigenvalue weighted by Crippen LogP contribution is 2.01. The fraction of sp³-hybridized carbons (Fsp3) is 0.267. The molecule has 1 aromatic rings. The molecule has 6 heteroatoms. The summed E-state index contributed by atoms with van der Waals surface area (Å²) in [5.41, 5.74) is 5.66.